The number of amides is 4. The summed E-state index contributed by atoms with van der Waals surface area (Å²) < 4.78 is 29.8. The molecule has 0 spiro atoms. The van der Waals surface area contributed by atoms with E-state index in [0.29, 0.717) is 44.0 Å². The van der Waals surface area contributed by atoms with Crippen LogP contribution in [-0.4, -0.2) is 117 Å². The van der Waals surface area contributed by atoms with E-state index in [1.54, 1.807) is 36.2 Å². The molecule has 0 aliphatic carbocycles. The lowest BCUT2D eigenvalue weighted by Crippen LogP contribution is -2.56. The molecule has 0 radical (unpaired) electrons. The number of urea groups is 1. The van der Waals surface area contributed by atoms with Gasteiger partial charge >= 0.3 is 6.03 Å². The standard InChI is InChI=1S/C26H35ClN6O5S2/c1-28-26(36)31-12-10-30(11-13-31)16-20-4-2-9-33(20)23(34)17-32-8-3-5-21(25(32)35)29-40(37,38)24-15-18-14-19(27)6-7-22(18)39-24/h6-7,14-15,20-21,29H,2-5,8-13,16-17H2,1H3,(H,28,36). The van der Waals surface area contributed by atoms with Gasteiger partial charge < -0.3 is 20.0 Å². The number of sulfonamides is 1. The summed E-state index contributed by atoms with van der Waals surface area (Å²) in [6, 6.07) is 5.84. The fourth-order valence-electron chi connectivity index (χ4n) is 5.77. The number of likely N-dealkylation sites (tertiary alicyclic amines) is 2. The smallest absolute Gasteiger partial charge is 0.317 e. The average Bonchev–Trinajstić information content (AvgIpc) is 3.58. The second kappa shape index (κ2) is 12.2. The van der Waals surface area contributed by atoms with E-state index in [9.17, 15) is 22.8 Å². The summed E-state index contributed by atoms with van der Waals surface area (Å²) in [5.41, 5.74) is 0. The van der Waals surface area contributed by atoms with Crippen molar-refractivity contribution < 1.29 is 22.8 Å². The van der Waals surface area contributed by atoms with Gasteiger partial charge in [-0.05, 0) is 55.3 Å². The zero-order valence-electron chi connectivity index (χ0n) is 22.5. The molecular formula is C26H35ClN6O5S2. The first-order chi connectivity index (χ1) is 19.1. The minimum absolute atomic E-state index is 0.0562. The van der Waals surface area contributed by atoms with Crippen LogP contribution in [0.1, 0.15) is 25.7 Å². The number of hydrogen-bond donors (Lipinski definition) is 2. The number of halogens is 1. The van der Waals surface area contributed by atoms with Gasteiger partial charge in [0, 0.05) is 68.6 Å². The van der Waals surface area contributed by atoms with Gasteiger partial charge in [0.15, 0.2) is 0 Å². The summed E-state index contributed by atoms with van der Waals surface area (Å²) in [5, 5.41) is 3.91. The lowest BCUT2D eigenvalue weighted by Gasteiger charge is -2.38. The van der Waals surface area contributed by atoms with Gasteiger partial charge in [-0.15, -0.1) is 11.3 Å². The lowest BCUT2D eigenvalue weighted by molar-refractivity contribution is -0.143. The molecular weight excluding hydrogens is 576 g/mol. The molecule has 3 aliphatic heterocycles. The molecule has 0 saturated carbocycles. The van der Waals surface area contributed by atoms with E-state index in [-0.39, 0.29) is 34.6 Å². The zero-order valence-corrected chi connectivity index (χ0v) is 24.9. The van der Waals surface area contributed by atoms with Gasteiger partial charge in [-0.3, -0.25) is 14.5 Å². The quantitative estimate of drug-likeness (QED) is 0.493. The first-order valence-corrected chi connectivity index (χ1v) is 16.3. The van der Waals surface area contributed by atoms with E-state index in [1.165, 1.54) is 4.90 Å². The summed E-state index contributed by atoms with van der Waals surface area (Å²) in [6.07, 6.45) is 2.80. The number of fused-ring (bicyclic) bond motifs is 1. The molecule has 4 heterocycles. The monoisotopic (exact) mass is 610 g/mol. The van der Waals surface area contributed by atoms with Gasteiger partial charge in [-0.2, -0.15) is 4.72 Å². The third-order valence-electron chi connectivity index (χ3n) is 7.91. The molecule has 40 heavy (non-hydrogen) atoms. The molecule has 3 fully saturated rings. The largest absolute Gasteiger partial charge is 0.341 e. The Morgan fingerprint density at radius 2 is 1.80 bits per heavy atom. The fourth-order valence-corrected chi connectivity index (χ4v) is 8.57. The van der Waals surface area contributed by atoms with Crippen LogP contribution in [0.5, 0.6) is 0 Å². The number of hydrogen-bond acceptors (Lipinski definition) is 7. The molecule has 2 unspecified atom stereocenters. The summed E-state index contributed by atoms with van der Waals surface area (Å²) in [6.45, 7) is 4.56. The van der Waals surface area contributed by atoms with Gasteiger partial charge in [0.1, 0.15) is 10.3 Å². The van der Waals surface area contributed by atoms with Crippen LogP contribution in [0.25, 0.3) is 10.1 Å². The number of nitrogens with zero attached hydrogens (tertiary/aromatic N) is 4. The first kappa shape index (κ1) is 29.1. The first-order valence-electron chi connectivity index (χ1n) is 13.6. The van der Waals surface area contributed by atoms with E-state index in [4.69, 9.17) is 11.6 Å². The molecule has 3 saturated heterocycles. The second-order valence-electron chi connectivity index (χ2n) is 10.5. The predicted molar refractivity (Wildman–Crippen MR) is 154 cm³/mol. The van der Waals surface area contributed by atoms with E-state index in [0.717, 1.165) is 53.9 Å². The molecule has 2 N–H and O–H groups in total. The molecule has 1 aromatic heterocycles. The number of nitrogens with one attached hydrogen (secondary N) is 2. The molecule has 5 rings (SSSR count). The minimum atomic E-state index is -3.92. The Bertz CT molecular complexity index is 1380. The highest BCUT2D eigenvalue weighted by Gasteiger charge is 2.37. The van der Waals surface area contributed by atoms with Crippen LogP contribution in [-0.2, 0) is 19.6 Å². The van der Waals surface area contributed by atoms with Crippen molar-refractivity contribution in [2.45, 2.75) is 42.0 Å². The van der Waals surface area contributed by atoms with Crippen LogP contribution in [0, 0.1) is 0 Å². The molecule has 4 amide bonds. The van der Waals surface area contributed by atoms with Crippen LogP contribution in [0.3, 0.4) is 0 Å². The van der Waals surface area contributed by atoms with Crippen molar-refractivity contribution in [1.29, 1.82) is 0 Å². The summed E-state index contributed by atoms with van der Waals surface area (Å²) in [4.78, 5) is 45.9. The van der Waals surface area contributed by atoms with Crippen molar-refractivity contribution in [2.24, 2.45) is 0 Å². The number of piperidine rings is 1. The molecule has 14 heteroatoms. The van der Waals surface area contributed by atoms with Crippen molar-refractivity contribution in [2.75, 3.05) is 59.4 Å². The Morgan fingerprint density at radius 3 is 2.55 bits per heavy atom. The van der Waals surface area contributed by atoms with E-state index >= 15 is 0 Å². The Labute approximate surface area is 243 Å². The van der Waals surface area contributed by atoms with Crippen LogP contribution in [0.4, 0.5) is 4.79 Å². The molecule has 1 aromatic carbocycles. The normalized spacial score (nSPS) is 22.8. The zero-order chi connectivity index (χ0) is 28.4. The number of rotatable bonds is 7. The third kappa shape index (κ3) is 6.38. The Morgan fingerprint density at radius 1 is 1.05 bits per heavy atom. The predicted octanol–water partition coefficient (Wildman–Crippen LogP) is 1.77. The van der Waals surface area contributed by atoms with E-state index in [2.05, 4.69) is 14.9 Å². The van der Waals surface area contributed by atoms with Crippen molar-refractivity contribution in [3.63, 3.8) is 0 Å². The number of thiophene rings is 1. The number of carbonyl (C=O) groups is 3. The summed E-state index contributed by atoms with van der Waals surface area (Å²) in [7, 11) is -2.29. The number of piperazine rings is 1. The van der Waals surface area contributed by atoms with Crippen LogP contribution in [0.15, 0.2) is 28.5 Å². The molecule has 3 aliphatic rings. The van der Waals surface area contributed by atoms with E-state index < -0.39 is 16.1 Å². The van der Waals surface area contributed by atoms with Gasteiger partial charge in [-0.1, -0.05) is 11.6 Å². The molecule has 0 bridgehead atoms. The highest BCUT2D eigenvalue weighted by Crippen LogP contribution is 2.31. The lowest BCUT2D eigenvalue weighted by atomic mass is 10.1. The number of carbonyl (C=O) groups excluding carboxylic acids is 3. The highest BCUT2D eigenvalue weighted by atomic mass is 35.5. The second-order valence-corrected chi connectivity index (χ2v) is 14.0. The van der Waals surface area contributed by atoms with Gasteiger partial charge in [0.25, 0.3) is 10.0 Å². The maximum absolute atomic E-state index is 13.3. The van der Waals surface area contributed by atoms with Crippen molar-refractivity contribution in [3.8, 4) is 0 Å². The van der Waals surface area contributed by atoms with Crippen molar-refractivity contribution in [3.05, 3.63) is 29.3 Å². The Balaban J connectivity index is 1.17. The minimum Gasteiger partial charge on any atom is -0.341 e. The van der Waals surface area contributed by atoms with Crippen LogP contribution >= 0.6 is 22.9 Å². The maximum atomic E-state index is 13.3. The fraction of sp³-hybridized carbons (Fsp3) is 0.577. The van der Waals surface area contributed by atoms with E-state index in [1.807, 2.05) is 4.90 Å². The van der Waals surface area contributed by atoms with Gasteiger partial charge in [0.2, 0.25) is 11.8 Å². The van der Waals surface area contributed by atoms with Crippen LogP contribution < -0.4 is 10.0 Å². The maximum Gasteiger partial charge on any atom is 0.317 e. The Kier molecular flexibility index (Phi) is 8.86. The third-order valence-corrected chi connectivity index (χ3v) is 11.2. The van der Waals surface area contributed by atoms with Crippen molar-refractivity contribution >= 4 is 60.9 Å². The molecule has 2 aromatic rings. The van der Waals surface area contributed by atoms with Gasteiger partial charge in [-0.25, -0.2) is 13.2 Å². The average molecular weight is 611 g/mol. The number of benzene rings is 1. The molecule has 2 atom stereocenters. The molecule has 218 valence electrons. The van der Waals surface area contributed by atoms with Gasteiger partial charge in [0.05, 0.1) is 6.54 Å². The SMILES string of the molecule is CNC(=O)N1CCN(CC2CCCN2C(=O)CN2CCCC(NS(=O)(=O)c3cc4cc(Cl)ccc4s3)C2=O)CC1. The molecule has 11 nitrogen and oxygen atoms in total. The van der Waals surface area contributed by atoms with Crippen molar-refractivity contribution in [1.82, 2.24) is 29.6 Å². The highest BCUT2D eigenvalue weighted by molar-refractivity contribution is 7.91. The summed E-state index contributed by atoms with van der Waals surface area (Å²) >= 11 is 7.17. The van der Waals surface area contributed by atoms with Crippen LogP contribution in [0.2, 0.25) is 5.02 Å². The summed E-state index contributed by atoms with van der Waals surface area (Å²) in [5.74, 6) is -0.474. The topological polar surface area (TPSA) is 122 Å². The Hall–Kier alpha value is -2.45.